The average Bonchev–Trinajstić information content (AvgIpc) is 3.52. The Morgan fingerprint density at radius 3 is 2.05 bits per heavy atom. The van der Waals surface area contributed by atoms with Gasteiger partial charge in [-0.15, -0.1) is 11.8 Å². The standard InChI is InChI=1S/C25H26Cl2N8O2S/c1-4-33(21-16-35(31-24(21)27)19-8-6-11-29-14-19)25(37)17(2)38-12-9-22(36)32(3)20-15-34(30-23(20)26)18-7-5-10-28-13-18/h5-8,10-11,13-17H,4,9,12H2,1-3H3. The summed E-state index contributed by atoms with van der Waals surface area (Å²) < 4.78 is 3.17. The van der Waals surface area contributed by atoms with Gasteiger partial charge in [0.05, 0.1) is 41.4 Å². The maximum atomic E-state index is 13.3. The number of halogens is 2. The molecular formula is C25H26Cl2N8O2S. The van der Waals surface area contributed by atoms with Gasteiger partial charge in [-0.05, 0) is 38.1 Å². The molecule has 38 heavy (non-hydrogen) atoms. The number of aromatic nitrogens is 6. The molecule has 0 aliphatic heterocycles. The first-order chi connectivity index (χ1) is 18.3. The Labute approximate surface area is 234 Å². The fraction of sp³-hybridized carbons (Fsp3) is 0.280. The van der Waals surface area contributed by atoms with Gasteiger partial charge >= 0.3 is 0 Å². The number of carbonyl (C=O) groups excluding carboxylic acids is 2. The number of nitrogens with zero attached hydrogens (tertiary/aromatic N) is 8. The SMILES string of the molecule is CCN(C(=O)C(C)SCCC(=O)N(C)c1cn(-c2cccnc2)nc1Cl)c1cn(-c2cccnc2)nc1Cl. The Kier molecular flexibility index (Phi) is 9.03. The van der Waals surface area contributed by atoms with Gasteiger partial charge in [0.1, 0.15) is 11.4 Å². The van der Waals surface area contributed by atoms with Gasteiger partial charge in [0.2, 0.25) is 11.8 Å². The first-order valence-electron chi connectivity index (χ1n) is 11.8. The van der Waals surface area contributed by atoms with E-state index in [1.54, 1.807) is 70.6 Å². The van der Waals surface area contributed by atoms with Crippen molar-refractivity contribution >= 4 is 58.2 Å². The van der Waals surface area contributed by atoms with E-state index >= 15 is 0 Å². The molecule has 4 heterocycles. The van der Waals surface area contributed by atoms with E-state index in [9.17, 15) is 9.59 Å². The third kappa shape index (κ3) is 6.17. The molecule has 4 aromatic heterocycles. The summed E-state index contributed by atoms with van der Waals surface area (Å²) in [5.74, 6) is 0.190. The van der Waals surface area contributed by atoms with Crippen LogP contribution >= 0.6 is 35.0 Å². The van der Waals surface area contributed by atoms with Crippen molar-refractivity contribution in [2.24, 2.45) is 0 Å². The Bertz CT molecular complexity index is 1400. The Hall–Kier alpha value is -3.41. The summed E-state index contributed by atoms with van der Waals surface area (Å²) in [6.07, 6.45) is 10.3. The molecule has 4 rings (SSSR count). The first kappa shape index (κ1) is 27.6. The normalized spacial score (nSPS) is 11.8. The molecule has 2 amide bonds. The van der Waals surface area contributed by atoms with Crippen molar-refractivity contribution in [1.82, 2.24) is 29.5 Å². The van der Waals surface area contributed by atoms with Crippen molar-refractivity contribution in [1.29, 1.82) is 0 Å². The number of amides is 2. The minimum atomic E-state index is -0.400. The molecule has 10 nitrogen and oxygen atoms in total. The number of pyridine rings is 2. The van der Waals surface area contributed by atoms with E-state index in [-0.39, 0.29) is 28.5 Å². The van der Waals surface area contributed by atoms with Gasteiger partial charge in [0, 0.05) is 38.2 Å². The maximum absolute atomic E-state index is 13.3. The molecule has 0 bridgehead atoms. The zero-order chi connectivity index (χ0) is 27.2. The number of rotatable bonds is 10. The summed E-state index contributed by atoms with van der Waals surface area (Å²) in [5.41, 5.74) is 2.48. The molecular weight excluding hydrogens is 547 g/mol. The lowest BCUT2D eigenvalue weighted by Gasteiger charge is -2.23. The van der Waals surface area contributed by atoms with Crippen LogP contribution in [0.15, 0.2) is 61.4 Å². The van der Waals surface area contributed by atoms with Crippen molar-refractivity contribution in [3.63, 3.8) is 0 Å². The van der Waals surface area contributed by atoms with Gasteiger partial charge in [0.25, 0.3) is 0 Å². The van der Waals surface area contributed by atoms with Crippen molar-refractivity contribution in [3.05, 3.63) is 71.8 Å². The number of hydrogen-bond acceptors (Lipinski definition) is 7. The molecule has 0 N–H and O–H groups in total. The van der Waals surface area contributed by atoms with Crippen LogP contribution < -0.4 is 9.80 Å². The third-order valence-electron chi connectivity index (χ3n) is 5.76. The molecule has 198 valence electrons. The predicted octanol–water partition coefficient (Wildman–Crippen LogP) is 4.68. The quantitative estimate of drug-likeness (QED) is 0.272. The van der Waals surface area contributed by atoms with Crippen LogP contribution in [-0.4, -0.2) is 65.9 Å². The topological polar surface area (TPSA) is 102 Å². The number of hydrogen-bond donors (Lipinski definition) is 0. The van der Waals surface area contributed by atoms with E-state index in [4.69, 9.17) is 23.2 Å². The monoisotopic (exact) mass is 572 g/mol. The van der Waals surface area contributed by atoms with Crippen LogP contribution in [0.2, 0.25) is 10.3 Å². The number of thioether (sulfide) groups is 1. The third-order valence-corrected chi connectivity index (χ3v) is 7.44. The van der Waals surface area contributed by atoms with Crippen LogP contribution in [0.3, 0.4) is 0 Å². The molecule has 0 saturated heterocycles. The lowest BCUT2D eigenvalue weighted by molar-refractivity contribution is -0.118. The smallest absolute Gasteiger partial charge is 0.239 e. The van der Waals surface area contributed by atoms with Crippen LogP contribution in [0.25, 0.3) is 11.4 Å². The minimum Gasteiger partial charge on any atom is -0.311 e. The molecule has 1 atom stereocenters. The van der Waals surface area contributed by atoms with Gasteiger partial charge in [-0.25, -0.2) is 9.36 Å². The lowest BCUT2D eigenvalue weighted by atomic mass is 10.3. The molecule has 0 aromatic carbocycles. The van der Waals surface area contributed by atoms with Crippen LogP contribution in [0.5, 0.6) is 0 Å². The Morgan fingerprint density at radius 2 is 1.53 bits per heavy atom. The lowest BCUT2D eigenvalue weighted by Crippen LogP contribution is -2.37. The molecule has 4 aromatic rings. The van der Waals surface area contributed by atoms with E-state index in [0.29, 0.717) is 23.7 Å². The molecule has 0 spiro atoms. The van der Waals surface area contributed by atoms with E-state index < -0.39 is 5.25 Å². The summed E-state index contributed by atoms with van der Waals surface area (Å²) in [6, 6.07) is 7.28. The summed E-state index contributed by atoms with van der Waals surface area (Å²) in [5, 5.41) is 8.63. The van der Waals surface area contributed by atoms with Crippen molar-refractivity contribution < 1.29 is 9.59 Å². The zero-order valence-corrected chi connectivity index (χ0v) is 23.4. The second-order valence-corrected chi connectivity index (χ2v) is 10.4. The van der Waals surface area contributed by atoms with E-state index in [1.165, 1.54) is 16.7 Å². The number of carbonyl (C=O) groups is 2. The van der Waals surface area contributed by atoms with E-state index in [0.717, 1.165) is 11.4 Å². The molecule has 0 radical (unpaired) electrons. The largest absolute Gasteiger partial charge is 0.311 e. The van der Waals surface area contributed by atoms with Gasteiger partial charge in [-0.3, -0.25) is 19.6 Å². The fourth-order valence-corrected chi connectivity index (χ4v) is 5.10. The van der Waals surface area contributed by atoms with E-state index in [1.807, 2.05) is 26.0 Å². The van der Waals surface area contributed by atoms with Crippen LogP contribution in [-0.2, 0) is 9.59 Å². The van der Waals surface area contributed by atoms with Gasteiger partial charge in [0.15, 0.2) is 10.3 Å². The Balaban J connectivity index is 1.35. The highest BCUT2D eigenvalue weighted by atomic mass is 35.5. The second-order valence-electron chi connectivity index (χ2n) is 8.22. The molecule has 0 aliphatic rings. The summed E-state index contributed by atoms with van der Waals surface area (Å²) in [4.78, 5) is 37.4. The number of anilines is 2. The summed E-state index contributed by atoms with van der Waals surface area (Å²) in [7, 11) is 1.65. The van der Waals surface area contributed by atoms with Crippen molar-refractivity contribution in [3.8, 4) is 11.4 Å². The highest BCUT2D eigenvalue weighted by Crippen LogP contribution is 2.29. The molecule has 1 unspecified atom stereocenters. The predicted molar refractivity (Wildman–Crippen MR) is 151 cm³/mol. The van der Waals surface area contributed by atoms with Crippen LogP contribution in [0, 0.1) is 0 Å². The first-order valence-corrected chi connectivity index (χ1v) is 13.6. The summed E-state index contributed by atoms with van der Waals surface area (Å²) in [6.45, 7) is 4.11. The average molecular weight is 574 g/mol. The Morgan fingerprint density at radius 1 is 0.974 bits per heavy atom. The van der Waals surface area contributed by atoms with Gasteiger partial charge in [-0.2, -0.15) is 10.2 Å². The van der Waals surface area contributed by atoms with Crippen molar-refractivity contribution in [2.45, 2.75) is 25.5 Å². The molecule has 0 saturated carbocycles. The molecule has 0 fully saturated rings. The maximum Gasteiger partial charge on any atom is 0.239 e. The van der Waals surface area contributed by atoms with E-state index in [2.05, 4.69) is 20.2 Å². The zero-order valence-electron chi connectivity index (χ0n) is 21.0. The van der Waals surface area contributed by atoms with Gasteiger partial charge in [-0.1, -0.05) is 23.2 Å². The second kappa shape index (κ2) is 12.4. The van der Waals surface area contributed by atoms with Crippen LogP contribution in [0.4, 0.5) is 11.4 Å². The van der Waals surface area contributed by atoms with Crippen molar-refractivity contribution in [2.75, 3.05) is 29.1 Å². The summed E-state index contributed by atoms with van der Waals surface area (Å²) >= 11 is 14.1. The van der Waals surface area contributed by atoms with Gasteiger partial charge < -0.3 is 9.80 Å². The minimum absolute atomic E-state index is 0.119. The van der Waals surface area contributed by atoms with Crippen LogP contribution in [0.1, 0.15) is 20.3 Å². The highest BCUT2D eigenvalue weighted by Gasteiger charge is 2.26. The fourth-order valence-electron chi connectivity index (χ4n) is 3.70. The highest BCUT2D eigenvalue weighted by molar-refractivity contribution is 8.00. The molecule has 0 aliphatic carbocycles. The molecule has 13 heteroatoms.